The maximum atomic E-state index is 13.2. The van der Waals surface area contributed by atoms with Gasteiger partial charge in [0.15, 0.2) is 0 Å². The van der Waals surface area contributed by atoms with E-state index in [2.05, 4.69) is 4.72 Å². The number of hydrogen-bond donors (Lipinski definition) is 2. The minimum absolute atomic E-state index is 0.0225. The lowest BCUT2D eigenvalue weighted by atomic mass is 9.85. The maximum Gasteiger partial charge on any atom is 0.241 e. The molecule has 1 aliphatic rings. The van der Waals surface area contributed by atoms with Crippen LogP contribution in [-0.2, 0) is 10.0 Å². The van der Waals surface area contributed by atoms with Crippen LogP contribution >= 0.6 is 0 Å². The lowest BCUT2D eigenvalue weighted by Crippen LogP contribution is -2.44. The Labute approximate surface area is 119 Å². The van der Waals surface area contributed by atoms with E-state index in [-0.39, 0.29) is 11.4 Å². The molecule has 1 aliphatic carbocycles. The second kappa shape index (κ2) is 5.79. The van der Waals surface area contributed by atoms with E-state index >= 15 is 0 Å². The first-order chi connectivity index (χ1) is 9.32. The third-order valence-electron chi connectivity index (χ3n) is 3.82. The number of nitrogens with one attached hydrogen (secondary N) is 1. The van der Waals surface area contributed by atoms with Gasteiger partial charge in [-0.3, -0.25) is 0 Å². The molecule has 20 heavy (non-hydrogen) atoms. The Morgan fingerprint density at radius 3 is 2.60 bits per heavy atom. The zero-order valence-electron chi connectivity index (χ0n) is 11.5. The maximum absolute atomic E-state index is 13.2. The Morgan fingerprint density at radius 1 is 1.30 bits per heavy atom. The second-order valence-corrected chi connectivity index (χ2v) is 7.25. The van der Waals surface area contributed by atoms with Gasteiger partial charge in [0.1, 0.15) is 5.82 Å². The minimum atomic E-state index is -3.80. The van der Waals surface area contributed by atoms with Crippen molar-refractivity contribution < 1.29 is 17.9 Å². The van der Waals surface area contributed by atoms with Crippen LogP contribution in [0.1, 0.15) is 37.7 Å². The van der Waals surface area contributed by atoms with Crippen LogP contribution in [0, 0.1) is 12.7 Å². The van der Waals surface area contributed by atoms with Crippen LogP contribution in [0.4, 0.5) is 4.39 Å². The van der Waals surface area contributed by atoms with Gasteiger partial charge in [0, 0.05) is 6.54 Å². The van der Waals surface area contributed by atoms with Gasteiger partial charge >= 0.3 is 0 Å². The molecular formula is C14H20FNO3S. The SMILES string of the molecule is Cc1ccc(F)cc1S(=O)(=O)NCC1(O)CCCCC1. The van der Waals surface area contributed by atoms with Crippen molar-refractivity contribution in [3.05, 3.63) is 29.6 Å². The van der Waals surface area contributed by atoms with Gasteiger partial charge in [-0.05, 0) is 37.5 Å². The normalized spacial score (nSPS) is 18.9. The van der Waals surface area contributed by atoms with Crippen molar-refractivity contribution in [2.45, 2.75) is 49.5 Å². The summed E-state index contributed by atoms with van der Waals surface area (Å²) >= 11 is 0. The first kappa shape index (κ1) is 15.4. The molecule has 2 N–H and O–H groups in total. The first-order valence-electron chi connectivity index (χ1n) is 6.81. The van der Waals surface area contributed by atoms with Gasteiger partial charge in [-0.2, -0.15) is 0 Å². The van der Waals surface area contributed by atoms with Crippen molar-refractivity contribution in [2.75, 3.05) is 6.54 Å². The number of hydrogen-bond acceptors (Lipinski definition) is 3. The summed E-state index contributed by atoms with van der Waals surface area (Å²) in [6, 6.07) is 3.66. The smallest absolute Gasteiger partial charge is 0.241 e. The van der Waals surface area contributed by atoms with Crippen molar-refractivity contribution in [3.8, 4) is 0 Å². The lowest BCUT2D eigenvalue weighted by Gasteiger charge is -2.32. The highest BCUT2D eigenvalue weighted by Crippen LogP contribution is 2.28. The van der Waals surface area contributed by atoms with E-state index in [1.807, 2.05) is 0 Å². The summed E-state index contributed by atoms with van der Waals surface area (Å²) in [6.45, 7) is 1.59. The number of benzene rings is 1. The summed E-state index contributed by atoms with van der Waals surface area (Å²) in [7, 11) is -3.80. The zero-order chi connectivity index (χ0) is 14.8. The van der Waals surface area contributed by atoms with Gasteiger partial charge in [0.2, 0.25) is 10.0 Å². The zero-order valence-corrected chi connectivity index (χ0v) is 12.3. The van der Waals surface area contributed by atoms with Crippen molar-refractivity contribution in [1.29, 1.82) is 0 Å². The molecule has 4 nitrogen and oxygen atoms in total. The molecule has 1 fully saturated rings. The Balaban J connectivity index is 2.13. The molecule has 1 saturated carbocycles. The summed E-state index contributed by atoms with van der Waals surface area (Å²) in [5.41, 5.74) is -0.499. The first-order valence-corrected chi connectivity index (χ1v) is 8.29. The lowest BCUT2D eigenvalue weighted by molar-refractivity contribution is 0.00945. The molecule has 0 amide bonds. The van der Waals surface area contributed by atoms with Gasteiger partial charge < -0.3 is 5.11 Å². The van der Waals surface area contributed by atoms with Crippen LogP contribution in [0.25, 0.3) is 0 Å². The molecule has 0 bridgehead atoms. The highest BCUT2D eigenvalue weighted by molar-refractivity contribution is 7.89. The quantitative estimate of drug-likeness (QED) is 0.895. The molecule has 0 radical (unpaired) electrons. The van der Waals surface area contributed by atoms with Crippen LogP contribution in [0.15, 0.2) is 23.1 Å². The van der Waals surface area contributed by atoms with E-state index in [9.17, 15) is 17.9 Å². The van der Waals surface area contributed by atoms with Crippen LogP contribution in [0.5, 0.6) is 0 Å². The summed E-state index contributed by atoms with van der Waals surface area (Å²) in [4.78, 5) is -0.0723. The number of halogens is 1. The highest BCUT2D eigenvalue weighted by atomic mass is 32.2. The Morgan fingerprint density at radius 2 is 1.95 bits per heavy atom. The molecule has 0 aromatic heterocycles. The highest BCUT2D eigenvalue weighted by Gasteiger charge is 2.31. The molecule has 0 spiro atoms. The number of aryl methyl sites for hydroxylation is 1. The predicted octanol–water partition coefficient (Wildman–Crippen LogP) is 2.11. The molecule has 2 rings (SSSR count). The van der Waals surface area contributed by atoms with Crippen molar-refractivity contribution >= 4 is 10.0 Å². The van der Waals surface area contributed by atoms with Crippen LogP contribution in [0.3, 0.4) is 0 Å². The molecule has 0 unspecified atom stereocenters. The summed E-state index contributed by atoms with van der Waals surface area (Å²) in [5.74, 6) is -0.590. The fraction of sp³-hybridized carbons (Fsp3) is 0.571. The van der Waals surface area contributed by atoms with Crippen LogP contribution in [0.2, 0.25) is 0 Å². The van der Waals surface area contributed by atoms with E-state index in [4.69, 9.17) is 0 Å². The summed E-state index contributed by atoms with van der Waals surface area (Å²) in [6.07, 6.45) is 4.06. The molecule has 0 aliphatic heterocycles. The molecule has 0 heterocycles. The molecule has 112 valence electrons. The van der Waals surface area contributed by atoms with Gasteiger partial charge in [-0.15, -0.1) is 0 Å². The number of rotatable bonds is 4. The summed E-state index contributed by atoms with van der Waals surface area (Å²) < 4.78 is 40.0. The average Bonchev–Trinajstić information content (AvgIpc) is 2.40. The van der Waals surface area contributed by atoms with E-state index < -0.39 is 21.4 Å². The number of sulfonamides is 1. The van der Waals surface area contributed by atoms with Crippen molar-refractivity contribution in [1.82, 2.24) is 4.72 Å². The van der Waals surface area contributed by atoms with E-state index in [0.29, 0.717) is 18.4 Å². The fourth-order valence-corrected chi connectivity index (χ4v) is 3.93. The average molecular weight is 301 g/mol. The predicted molar refractivity (Wildman–Crippen MR) is 74.4 cm³/mol. The topological polar surface area (TPSA) is 66.4 Å². The van der Waals surface area contributed by atoms with E-state index in [1.54, 1.807) is 6.92 Å². The minimum Gasteiger partial charge on any atom is -0.389 e. The van der Waals surface area contributed by atoms with Gasteiger partial charge in [0.05, 0.1) is 10.5 Å². The van der Waals surface area contributed by atoms with Gasteiger partial charge in [0.25, 0.3) is 0 Å². The molecular weight excluding hydrogens is 281 g/mol. The third kappa shape index (κ3) is 3.56. The second-order valence-electron chi connectivity index (χ2n) is 5.52. The van der Waals surface area contributed by atoms with Crippen LogP contribution < -0.4 is 4.72 Å². The van der Waals surface area contributed by atoms with Crippen LogP contribution in [-0.4, -0.2) is 25.7 Å². The largest absolute Gasteiger partial charge is 0.389 e. The molecule has 6 heteroatoms. The Hall–Kier alpha value is -0.980. The Bertz CT molecular complexity index is 580. The molecule has 1 aromatic carbocycles. The van der Waals surface area contributed by atoms with Gasteiger partial charge in [-0.25, -0.2) is 17.5 Å². The van der Waals surface area contributed by atoms with Gasteiger partial charge in [-0.1, -0.05) is 25.3 Å². The van der Waals surface area contributed by atoms with Crippen molar-refractivity contribution in [3.63, 3.8) is 0 Å². The van der Waals surface area contributed by atoms with Crippen molar-refractivity contribution in [2.24, 2.45) is 0 Å². The monoisotopic (exact) mass is 301 g/mol. The molecule has 1 aromatic rings. The Kier molecular flexibility index (Phi) is 4.46. The summed E-state index contributed by atoms with van der Waals surface area (Å²) in [5, 5.41) is 10.3. The van der Waals surface area contributed by atoms with E-state index in [0.717, 1.165) is 25.3 Å². The fourth-order valence-electron chi connectivity index (χ4n) is 2.56. The third-order valence-corrected chi connectivity index (χ3v) is 5.36. The van der Waals surface area contributed by atoms with E-state index in [1.165, 1.54) is 12.1 Å². The number of aliphatic hydroxyl groups is 1. The molecule has 0 saturated heterocycles. The standard InChI is InChI=1S/C14H20FNO3S/c1-11-5-6-12(15)9-13(11)20(18,19)16-10-14(17)7-3-2-4-8-14/h5-6,9,16-17H,2-4,7-8,10H2,1H3. The molecule has 0 atom stereocenters.